The van der Waals surface area contributed by atoms with Crippen molar-refractivity contribution in [2.45, 2.75) is 31.9 Å². The second-order valence-corrected chi connectivity index (χ2v) is 4.56. The van der Waals surface area contributed by atoms with Crippen LogP contribution in [0.4, 0.5) is 5.69 Å². The van der Waals surface area contributed by atoms with Gasteiger partial charge in [0.1, 0.15) is 0 Å². The molecule has 0 bridgehead atoms. The zero-order valence-corrected chi connectivity index (χ0v) is 11.1. The first kappa shape index (κ1) is 13.0. The van der Waals surface area contributed by atoms with E-state index in [2.05, 4.69) is 15.7 Å². The van der Waals surface area contributed by atoms with Crippen LogP contribution >= 0.6 is 0 Å². The van der Waals surface area contributed by atoms with Crippen LogP contribution in [0.5, 0.6) is 0 Å². The summed E-state index contributed by atoms with van der Waals surface area (Å²) in [5, 5.41) is 10.4. The van der Waals surface area contributed by atoms with E-state index in [1.165, 1.54) is 0 Å². The van der Waals surface area contributed by atoms with Gasteiger partial charge in [0.05, 0.1) is 23.5 Å². The largest absolute Gasteiger partial charge is 0.380 e. The molecule has 1 amide bonds. The van der Waals surface area contributed by atoms with Gasteiger partial charge in [0.15, 0.2) is 0 Å². The van der Waals surface area contributed by atoms with E-state index in [0.29, 0.717) is 6.42 Å². The van der Waals surface area contributed by atoms with Gasteiger partial charge < -0.3 is 15.4 Å². The van der Waals surface area contributed by atoms with Crippen molar-refractivity contribution >= 4 is 11.6 Å². The molecule has 0 saturated carbocycles. The molecular formula is C12H20N4O2. The van der Waals surface area contributed by atoms with Crippen molar-refractivity contribution in [3.8, 4) is 0 Å². The first-order valence-corrected chi connectivity index (χ1v) is 6.23. The van der Waals surface area contributed by atoms with Crippen LogP contribution in [0.25, 0.3) is 0 Å². The number of anilines is 1. The summed E-state index contributed by atoms with van der Waals surface area (Å²) in [6.07, 6.45) is 3.47. The summed E-state index contributed by atoms with van der Waals surface area (Å²) in [4.78, 5) is 12.1. The van der Waals surface area contributed by atoms with Crippen LogP contribution in [0.1, 0.15) is 19.0 Å². The third-order valence-corrected chi connectivity index (χ3v) is 3.24. The normalized spacial score (nSPS) is 23.3. The molecule has 0 spiro atoms. The molecule has 1 aromatic rings. The molecule has 2 atom stereocenters. The highest BCUT2D eigenvalue weighted by Crippen LogP contribution is 2.16. The second-order valence-electron chi connectivity index (χ2n) is 4.56. The van der Waals surface area contributed by atoms with Crippen LogP contribution in [-0.4, -0.2) is 41.5 Å². The molecule has 2 rings (SSSR count). The van der Waals surface area contributed by atoms with E-state index in [1.807, 2.05) is 20.2 Å². The quantitative estimate of drug-likeness (QED) is 0.808. The predicted octanol–water partition coefficient (Wildman–Crippen LogP) is 0.298. The number of methoxy groups -OCH3 is 1. The minimum atomic E-state index is -0.181. The van der Waals surface area contributed by atoms with Gasteiger partial charge in [-0.2, -0.15) is 5.10 Å². The number of hydrogen-bond donors (Lipinski definition) is 2. The third kappa shape index (κ3) is 2.70. The molecule has 18 heavy (non-hydrogen) atoms. The Morgan fingerprint density at radius 3 is 3.11 bits per heavy atom. The summed E-state index contributed by atoms with van der Waals surface area (Å²) in [5.74, 6) is -0.0164. The van der Waals surface area contributed by atoms with Gasteiger partial charge in [-0.25, -0.2) is 0 Å². The number of carbonyl (C=O) groups excluding carboxylic acids is 1. The highest BCUT2D eigenvalue weighted by atomic mass is 16.5. The molecule has 2 heterocycles. The van der Waals surface area contributed by atoms with Gasteiger partial charge in [-0.3, -0.25) is 9.48 Å². The third-order valence-electron chi connectivity index (χ3n) is 3.24. The van der Waals surface area contributed by atoms with Crippen molar-refractivity contribution in [2.75, 3.05) is 19.0 Å². The monoisotopic (exact) mass is 252 g/mol. The number of carbonyl (C=O) groups is 1. The number of amides is 1. The van der Waals surface area contributed by atoms with Crippen molar-refractivity contribution in [3.63, 3.8) is 0 Å². The maximum Gasteiger partial charge on any atom is 0.241 e. The van der Waals surface area contributed by atoms with Gasteiger partial charge in [-0.1, -0.05) is 6.92 Å². The standard InChI is InChI=1S/C12H20N4O2/c1-4-9-11(7-16(2)15-9)14-12(17)10-5-8(18-3)6-13-10/h7-8,10,13H,4-6H2,1-3H3,(H,14,17). The van der Waals surface area contributed by atoms with Gasteiger partial charge in [0, 0.05) is 26.9 Å². The number of nitrogens with zero attached hydrogens (tertiary/aromatic N) is 2. The van der Waals surface area contributed by atoms with Crippen LogP contribution in [0.15, 0.2) is 6.20 Å². The summed E-state index contributed by atoms with van der Waals surface area (Å²) in [5.41, 5.74) is 1.71. The molecule has 0 aliphatic carbocycles. The SMILES string of the molecule is CCc1nn(C)cc1NC(=O)C1CC(OC)CN1. The molecule has 1 aliphatic heterocycles. The van der Waals surface area contributed by atoms with E-state index >= 15 is 0 Å². The van der Waals surface area contributed by atoms with Crippen molar-refractivity contribution in [1.82, 2.24) is 15.1 Å². The first-order valence-electron chi connectivity index (χ1n) is 6.23. The fourth-order valence-corrected chi connectivity index (χ4v) is 2.20. The Balaban J connectivity index is 1.99. The van der Waals surface area contributed by atoms with Crippen LogP contribution in [0, 0.1) is 0 Å². The maximum absolute atomic E-state index is 12.1. The number of nitrogens with one attached hydrogen (secondary N) is 2. The van der Waals surface area contributed by atoms with E-state index in [9.17, 15) is 4.79 Å². The fraction of sp³-hybridized carbons (Fsp3) is 0.667. The first-order chi connectivity index (χ1) is 8.63. The maximum atomic E-state index is 12.1. The Bertz CT molecular complexity index is 430. The Kier molecular flexibility index (Phi) is 3.98. The van der Waals surface area contributed by atoms with E-state index < -0.39 is 0 Å². The number of aromatic nitrogens is 2. The van der Waals surface area contributed by atoms with Crippen LogP contribution in [-0.2, 0) is 23.0 Å². The summed E-state index contributed by atoms with van der Waals surface area (Å²) >= 11 is 0. The molecule has 2 unspecified atom stereocenters. The summed E-state index contributed by atoms with van der Waals surface area (Å²) in [7, 11) is 3.52. The number of hydrogen-bond acceptors (Lipinski definition) is 4. The van der Waals surface area contributed by atoms with Gasteiger partial charge in [0.2, 0.25) is 5.91 Å². The molecule has 2 N–H and O–H groups in total. The predicted molar refractivity (Wildman–Crippen MR) is 68.4 cm³/mol. The number of ether oxygens (including phenoxy) is 1. The van der Waals surface area contributed by atoms with Crippen molar-refractivity contribution < 1.29 is 9.53 Å². The zero-order chi connectivity index (χ0) is 13.1. The molecule has 1 fully saturated rings. The number of aryl methyl sites for hydroxylation is 2. The molecule has 6 nitrogen and oxygen atoms in total. The topological polar surface area (TPSA) is 68.2 Å². The molecule has 0 radical (unpaired) electrons. The minimum absolute atomic E-state index is 0.0164. The fourth-order valence-electron chi connectivity index (χ4n) is 2.20. The van der Waals surface area contributed by atoms with E-state index in [-0.39, 0.29) is 18.1 Å². The lowest BCUT2D eigenvalue weighted by atomic mass is 10.2. The van der Waals surface area contributed by atoms with Crippen molar-refractivity contribution in [2.24, 2.45) is 7.05 Å². The van der Waals surface area contributed by atoms with Crippen LogP contribution in [0.2, 0.25) is 0 Å². The lowest BCUT2D eigenvalue weighted by molar-refractivity contribution is -0.118. The van der Waals surface area contributed by atoms with Crippen molar-refractivity contribution in [3.05, 3.63) is 11.9 Å². The van der Waals surface area contributed by atoms with Crippen LogP contribution < -0.4 is 10.6 Å². The Hall–Kier alpha value is -1.40. The Morgan fingerprint density at radius 2 is 2.50 bits per heavy atom. The van der Waals surface area contributed by atoms with Crippen LogP contribution in [0.3, 0.4) is 0 Å². The van der Waals surface area contributed by atoms with E-state index in [0.717, 1.165) is 24.3 Å². The molecule has 1 aliphatic rings. The summed E-state index contributed by atoms with van der Waals surface area (Å²) in [6, 6.07) is -0.181. The van der Waals surface area contributed by atoms with Gasteiger partial charge in [-0.15, -0.1) is 0 Å². The van der Waals surface area contributed by atoms with Gasteiger partial charge >= 0.3 is 0 Å². The van der Waals surface area contributed by atoms with E-state index in [4.69, 9.17) is 4.74 Å². The molecule has 100 valence electrons. The lowest BCUT2D eigenvalue weighted by Gasteiger charge is -2.10. The Labute approximate surface area is 107 Å². The summed E-state index contributed by atoms with van der Waals surface area (Å²) in [6.45, 7) is 2.75. The zero-order valence-electron chi connectivity index (χ0n) is 11.1. The van der Waals surface area contributed by atoms with Crippen molar-refractivity contribution in [1.29, 1.82) is 0 Å². The smallest absolute Gasteiger partial charge is 0.241 e. The molecule has 1 saturated heterocycles. The molecule has 0 aromatic carbocycles. The van der Waals surface area contributed by atoms with Gasteiger partial charge in [-0.05, 0) is 12.8 Å². The van der Waals surface area contributed by atoms with E-state index in [1.54, 1.807) is 11.8 Å². The Morgan fingerprint density at radius 1 is 1.72 bits per heavy atom. The average molecular weight is 252 g/mol. The molecular weight excluding hydrogens is 232 g/mol. The lowest BCUT2D eigenvalue weighted by Crippen LogP contribution is -2.35. The highest BCUT2D eigenvalue weighted by molar-refractivity contribution is 5.95. The van der Waals surface area contributed by atoms with Gasteiger partial charge in [0.25, 0.3) is 0 Å². The second kappa shape index (κ2) is 5.49. The summed E-state index contributed by atoms with van der Waals surface area (Å²) < 4.78 is 6.95. The average Bonchev–Trinajstić information content (AvgIpc) is 2.95. The molecule has 6 heteroatoms. The molecule has 1 aromatic heterocycles. The minimum Gasteiger partial charge on any atom is -0.380 e. The highest BCUT2D eigenvalue weighted by Gasteiger charge is 2.29. The number of rotatable bonds is 4.